The Bertz CT molecular complexity index is 142. The SMILES string of the molecule is CC1(CN)CNC(=O)O1.Cl. The maximum absolute atomic E-state index is 10.4. The molecular formula is C5H11ClN2O2. The molecule has 0 saturated carbocycles. The quantitative estimate of drug-likeness (QED) is 0.570. The van der Waals surface area contributed by atoms with Crippen LogP contribution < -0.4 is 11.1 Å². The second-order valence-electron chi connectivity index (χ2n) is 2.40. The number of carbonyl (C=O) groups excluding carboxylic acids is 1. The summed E-state index contributed by atoms with van der Waals surface area (Å²) in [7, 11) is 0. The van der Waals surface area contributed by atoms with Crippen molar-refractivity contribution in [1.29, 1.82) is 0 Å². The first kappa shape index (κ1) is 9.52. The van der Waals surface area contributed by atoms with Gasteiger partial charge in [0, 0.05) is 6.54 Å². The second-order valence-corrected chi connectivity index (χ2v) is 2.40. The molecule has 0 aliphatic carbocycles. The van der Waals surface area contributed by atoms with E-state index >= 15 is 0 Å². The number of hydrogen-bond acceptors (Lipinski definition) is 3. The Labute approximate surface area is 65.5 Å². The molecule has 1 amide bonds. The molecule has 0 radical (unpaired) electrons. The van der Waals surface area contributed by atoms with E-state index in [9.17, 15) is 4.79 Å². The lowest BCUT2D eigenvalue weighted by Crippen LogP contribution is -2.37. The summed E-state index contributed by atoms with van der Waals surface area (Å²) < 4.78 is 4.82. The summed E-state index contributed by atoms with van der Waals surface area (Å²) in [4.78, 5) is 10.4. The van der Waals surface area contributed by atoms with Crippen molar-refractivity contribution in [2.75, 3.05) is 13.1 Å². The summed E-state index contributed by atoms with van der Waals surface area (Å²) in [5, 5.41) is 2.52. The van der Waals surface area contributed by atoms with Gasteiger partial charge in [0.15, 0.2) is 0 Å². The molecule has 5 heteroatoms. The minimum absolute atomic E-state index is 0. The van der Waals surface area contributed by atoms with Gasteiger partial charge in [-0.25, -0.2) is 4.79 Å². The third kappa shape index (κ3) is 1.75. The van der Waals surface area contributed by atoms with Crippen LogP contribution in [-0.2, 0) is 4.74 Å². The number of halogens is 1. The zero-order chi connectivity index (χ0) is 6.91. The van der Waals surface area contributed by atoms with Gasteiger partial charge in [-0.2, -0.15) is 0 Å². The number of rotatable bonds is 1. The highest BCUT2D eigenvalue weighted by atomic mass is 35.5. The monoisotopic (exact) mass is 166 g/mol. The molecule has 1 fully saturated rings. The summed E-state index contributed by atoms with van der Waals surface area (Å²) in [6.45, 7) is 2.68. The summed E-state index contributed by atoms with van der Waals surface area (Å²) in [5.41, 5.74) is 4.84. The fraction of sp³-hybridized carbons (Fsp3) is 0.800. The van der Waals surface area contributed by atoms with Crippen molar-refractivity contribution in [2.45, 2.75) is 12.5 Å². The van der Waals surface area contributed by atoms with Crippen molar-refractivity contribution < 1.29 is 9.53 Å². The van der Waals surface area contributed by atoms with Crippen molar-refractivity contribution in [2.24, 2.45) is 5.73 Å². The Morgan fingerprint density at radius 3 is 2.70 bits per heavy atom. The first-order chi connectivity index (χ1) is 4.16. The average molecular weight is 167 g/mol. The number of nitrogens with one attached hydrogen (secondary N) is 1. The first-order valence-electron chi connectivity index (χ1n) is 2.83. The van der Waals surface area contributed by atoms with Gasteiger partial charge in [-0.15, -0.1) is 12.4 Å². The second kappa shape index (κ2) is 3.07. The van der Waals surface area contributed by atoms with Crippen LogP contribution in [-0.4, -0.2) is 24.8 Å². The van der Waals surface area contributed by atoms with E-state index in [1.807, 2.05) is 0 Å². The van der Waals surface area contributed by atoms with Gasteiger partial charge in [-0.05, 0) is 6.92 Å². The molecule has 3 N–H and O–H groups in total. The van der Waals surface area contributed by atoms with E-state index in [0.29, 0.717) is 13.1 Å². The topological polar surface area (TPSA) is 64.3 Å². The number of carbonyl (C=O) groups is 1. The molecule has 0 aromatic rings. The van der Waals surface area contributed by atoms with Crippen LogP contribution in [0, 0.1) is 0 Å². The molecule has 1 rings (SSSR count). The lowest BCUT2D eigenvalue weighted by molar-refractivity contribution is 0.0788. The molecule has 1 aliphatic heterocycles. The number of nitrogens with two attached hydrogens (primary N) is 1. The van der Waals surface area contributed by atoms with Gasteiger partial charge < -0.3 is 15.8 Å². The summed E-state index contributed by atoms with van der Waals surface area (Å²) in [5.74, 6) is 0. The molecular weight excluding hydrogens is 156 g/mol. The van der Waals surface area contributed by atoms with Crippen LogP contribution in [0.5, 0.6) is 0 Å². The number of cyclic esters (lactones) is 1. The molecule has 4 nitrogen and oxygen atoms in total. The van der Waals surface area contributed by atoms with E-state index < -0.39 is 5.60 Å². The summed E-state index contributed by atoms with van der Waals surface area (Å²) >= 11 is 0. The lowest BCUT2D eigenvalue weighted by atomic mass is 10.1. The molecule has 0 bridgehead atoms. The van der Waals surface area contributed by atoms with Gasteiger partial charge in [0.25, 0.3) is 0 Å². The summed E-state index contributed by atoms with van der Waals surface area (Å²) in [6, 6.07) is 0. The van der Waals surface area contributed by atoms with Gasteiger partial charge >= 0.3 is 6.09 Å². The molecule has 1 unspecified atom stereocenters. The third-order valence-corrected chi connectivity index (χ3v) is 1.38. The van der Waals surface area contributed by atoms with Crippen molar-refractivity contribution in [3.63, 3.8) is 0 Å². The Kier molecular flexibility index (Phi) is 2.93. The van der Waals surface area contributed by atoms with Gasteiger partial charge in [0.1, 0.15) is 5.60 Å². The van der Waals surface area contributed by atoms with Gasteiger partial charge in [-0.1, -0.05) is 0 Å². The highest BCUT2D eigenvalue weighted by Gasteiger charge is 2.33. The number of ether oxygens (including phenoxy) is 1. The highest BCUT2D eigenvalue weighted by Crippen LogP contribution is 2.12. The van der Waals surface area contributed by atoms with Crippen LogP contribution in [0.25, 0.3) is 0 Å². The van der Waals surface area contributed by atoms with Crippen LogP contribution in [0.2, 0.25) is 0 Å². The van der Waals surface area contributed by atoms with E-state index in [2.05, 4.69) is 5.32 Å². The van der Waals surface area contributed by atoms with Crippen LogP contribution >= 0.6 is 12.4 Å². The van der Waals surface area contributed by atoms with Gasteiger partial charge in [0.2, 0.25) is 0 Å². The third-order valence-electron chi connectivity index (χ3n) is 1.38. The minimum atomic E-state index is -0.475. The molecule has 0 aromatic carbocycles. The predicted octanol–water partition coefficient (Wildman–Crippen LogP) is -0.135. The maximum atomic E-state index is 10.4. The molecule has 60 valence electrons. The molecule has 1 heterocycles. The van der Waals surface area contributed by atoms with Crippen molar-refractivity contribution >= 4 is 18.5 Å². The zero-order valence-corrected chi connectivity index (χ0v) is 6.53. The zero-order valence-electron chi connectivity index (χ0n) is 5.72. The van der Waals surface area contributed by atoms with Crippen LogP contribution in [0.3, 0.4) is 0 Å². The molecule has 1 saturated heterocycles. The fourth-order valence-electron chi connectivity index (χ4n) is 0.669. The van der Waals surface area contributed by atoms with E-state index in [1.165, 1.54) is 0 Å². The number of alkyl carbamates (subject to hydrolysis) is 1. The van der Waals surface area contributed by atoms with Crippen LogP contribution in [0.1, 0.15) is 6.92 Å². The van der Waals surface area contributed by atoms with E-state index in [1.54, 1.807) is 6.92 Å². The lowest BCUT2D eigenvalue weighted by Gasteiger charge is -2.17. The van der Waals surface area contributed by atoms with Crippen molar-refractivity contribution in [1.82, 2.24) is 5.32 Å². The Morgan fingerprint density at radius 2 is 2.50 bits per heavy atom. The maximum Gasteiger partial charge on any atom is 0.407 e. The summed E-state index contributed by atoms with van der Waals surface area (Å²) in [6.07, 6.45) is -0.372. The Morgan fingerprint density at radius 1 is 1.90 bits per heavy atom. The van der Waals surface area contributed by atoms with Crippen LogP contribution in [0.4, 0.5) is 4.79 Å². The van der Waals surface area contributed by atoms with Crippen molar-refractivity contribution in [3.8, 4) is 0 Å². The molecule has 1 aliphatic rings. The van der Waals surface area contributed by atoms with E-state index in [4.69, 9.17) is 10.5 Å². The number of hydrogen-bond donors (Lipinski definition) is 2. The van der Waals surface area contributed by atoms with Crippen LogP contribution in [0.15, 0.2) is 0 Å². The van der Waals surface area contributed by atoms with E-state index in [-0.39, 0.29) is 18.5 Å². The first-order valence-corrected chi connectivity index (χ1v) is 2.83. The molecule has 0 aromatic heterocycles. The smallest absolute Gasteiger partial charge is 0.407 e. The van der Waals surface area contributed by atoms with Gasteiger partial charge in [0.05, 0.1) is 6.54 Å². The predicted molar refractivity (Wildman–Crippen MR) is 39.2 cm³/mol. The molecule has 1 atom stereocenters. The Balaban J connectivity index is 0.000000810. The minimum Gasteiger partial charge on any atom is -0.440 e. The molecule has 10 heavy (non-hydrogen) atoms. The fourth-order valence-corrected chi connectivity index (χ4v) is 0.669. The average Bonchev–Trinajstić information content (AvgIpc) is 2.13. The Hall–Kier alpha value is -0.480. The normalized spacial score (nSPS) is 30.4. The van der Waals surface area contributed by atoms with Gasteiger partial charge in [-0.3, -0.25) is 0 Å². The molecule has 0 spiro atoms. The van der Waals surface area contributed by atoms with Crippen molar-refractivity contribution in [3.05, 3.63) is 0 Å². The highest BCUT2D eigenvalue weighted by molar-refractivity contribution is 5.85. The largest absolute Gasteiger partial charge is 0.440 e. The van der Waals surface area contributed by atoms with E-state index in [0.717, 1.165) is 0 Å². The standard InChI is InChI=1S/C5H10N2O2.ClH/c1-5(2-6)3-7-4(8)9-5;/h2-3,6H2,1H3,(H,7,8);1H. The number of amides is 1.